The number of alkyl carbamates (subject to hydrolysis) is 1. The molecule has 0 radical (unpaired) electrons. The van der Waals surface area contributed by atoms with Crippen LogP contribution in [0, 0.1) is 5.41 Å². The van der Waals surface area contributed by atoms with Gasteiger partial charge in [0.2, 0.25) is 0 Å². The van der Waals surface area contributed by atoms with Crippen LogP contribution in [0.25, 0.3) is 0 Å². The molecule has 2 aliphatic carbocycles. The number of nitrogens with one attached hydrogen (secondary N) is 1. The monoisotopic (exact) mass is 331 g/mol. The Morgan fingerprint density at radius 1 is 1.04 bits per heavy atom. The van der Waals surface area contributed by atoms with Gasteiger partial charge in [0.1, 0.15) is 6.61 Å². The lowest BCUT2D eigenvalue weighted by Gasteiger charge is -2.43. The molecule has 2 saturated carbocycles. The van der Waals surface area contributed by atoms with Gasteiger partial charge in [-0.1, -0.05) is 49.6 Å². The highest BCUT2D eigenvalue weighted by Crippen LogP contribution is 2.57. The van der Waals surface area contributed by atoms with Crippen LogP contribution in [-0.2, 0) is 16.1 Å². The lowest BCUT2D eigenvalue weighted by molar-refractivity contribution is -0.140. The molecule has 3 rings (SSSR count). The molecule has 1 aromatic carbocycles. The van der Waals surface area contributed by atoms with Crippen molar-refractivity contribution in [1.82, 2.24) is 5.32 Å². The number of hydrogen-bond donors (Lipinski definition) is 2. The molecule has 24 heavy (non-hydrogen) atoms. The minimum atomic E-state index is -0.855. The molecule has 5 heteroatoms. The average Bonchev–Trinajstić information content (AvgIpc) is 3.15. The Morgan fingerprint density at radius 2 is 1.71 bits per heavy atom. The van der Waals surface area contributed by atoms with Crippen LogP contribution in [0.4, 0.5) is 4.79 Å². The van der Waals surface area contributed by atoms with Crippen molar-refractivity contribution in [3.05, 3.63) is 35.9 Å². The largest absolute Gasteiger partial charge is 0.481 e. The number of carboxylic acids is 1. The SMILES string of the molecule is O=C(O)CC1(NC(=O)OCc2ccccc2)CCCC12CCCC2. The molecule has 130 valence electrons. The third kappa shape index (κ3) is 3.25. The van der Waals surface area contributed by atoms with Gasteiger partial charge in [0.15, 0.2) is 0 Å². The average molecular weight is 331 g/mol. The molecule has 1 amide bonds. The molecule has 0 bridgehead atoms. The number of hydrogen-bond acceptors (Lipinski definition) is 3. The number of carbonyl (C=O) groups excluding carboxylic acids is 1. The van der Waals surface area contributed by atoms with Crippen LogP contribution in [0.2, 0.25) is 0 Å². The molecule has 1 aromatic rings. The van der Waals surface area contributed by atoms with Gasteiger partial charge in [0.05, 0.1) is 12.0 Å². The van der Waals surface area contributed by atoms with Crippen molar-refractivity contribution >= 4 is 12.1 Å². The second-order valence-corrected chi connectivity index (χ2v) is 7.18. The Bertz CT molecular complexity index is 589. The van der Waals surface area contributed by atoms with Crippen LogP contribution in [0.15, 0.2) is 30.3 Å². The van der Waals surface area contributed by atoms with E-state index in [0.717, 1.165) is 50.5 Å². The number of amides is 1. The molecule has 0 saturated heterocycles. The lowest BCUT2D eigenvalue weighted by Crippen LogP contribution is -2.57. The number of rotatable bonds is 5. The van der Waals surface area contributed by atoms with E-state index in [4.69, 9.17) is 4.74 Å². The van der Waals surface area contributed by atoms with Crippen LogP contribution < -0.4 is 5.32 Å². The van der Waals surface area contributed by atoms with E-state index in [0.29, 0.717) is 0 Å². The van der Waals surface area contributed by atoms with Gasteiger partial charge >= 0.3 is 12.1 Å². The third-order valence-corrected chi connectivity index (χ3v) is 5.84. The van der Waals surface area contributed by atoms with Crippen molar-refractivity contribution in [2.75, 3.05) is 0 Å². The normalized spacial score (nSPS) is 24.8. The molecular formula is C19H25NO4. The van der Waals surface area contributed by atoms with Crippen molar-refractivity contribution in [1.29, 1.82) is 0 Å². The lowest BCUT2D eigenvalue weighted by atomic mass is 9.68. The Morgan fingerprint density at radius 3 is 2.38 bits per heavy atom. The zero-order valence-corrected chi connectivity index (χ0v) is 13.9. The molecule has 2 aliphatic rings. The summed E-state index contributed by atoms with van der Waals surface area (Å²) in [6.45, 7) is 0.197. The highest BCUT2D eigenvalue weighted by Gasteiger charge is 2.57. The molecule has 1 unspecified atom stereocenters. The summed E-state index contributed by atoms with van der Waals surface area (Å²) in [5.74, 6) is -0.855. The van der Waals surface area contributed by atoms with Gasteiger partial charge < -0.3 is 15.2 Å². The van der Waals surface area contributed by atoms with Crippen molar-refractivity contribution in [3.63, 3.8) is 0 Å². The Kier molecular flexibility index (Phi) is 4.78. The van der Waals surface area contributed by atoms with Gasteiger partial charge in [0.25, 0.3) is 0 Å². The van der Waals surface area contributed by atoms with E-state index in [1.807, 2.05) is 30.3 Å². The van der Waals surface area contributed by atoms with E-state index in [-0.39, 0.29) is 18.4 Å². The van der Waals surface area contributed by atoms with Gasteiger partial charge in [0, 0.05) is 0 Å². The Labute approximate surface area is 142 Å². The number of carboxylic acid groups (broad SMARTS) is 1. The first-order valence-electron chi connectivity index (χ1n) is 8.76. The summed E-state index contributed by atoms with van der Waals surface area (Å²) >= 11 is 0. The maximum atomic E-state index is 12.4. The first kappa shape index (κ1) is 16.8. The van der Waals surface area contributed by atoms with Crippen LogP contribution in [0.5, 0.6) is 0 Å². The van der Waals surface area contributed by atoms with E-state index < -0.39 is 17.6 Å². The maximum absolute atomic E-state index is 12.4. The predicted octanol–water partition coefficient (Wildman–Crippen LogP) is 3.87. The van der Waals surface area contributed by atoms with Crippen molar-refractivity contribution < 1.29 is 19.4 Å². The Hall–Kier alpha value is -2.04. The first-order valence-corrected chi connectivity index (χ1v) is 8.76. The van der Waals surface area contributed by atoms with E-state index in [1.54, 1.807) is 0 Å². The summed E-state index contributed by atoms with van der Waals surface area (Å²) < 4.78 is 5.36. The van der Waals surface area contributed by atoms with Crippen LogP contribution in [-0.4, -0.2) is 22.7 Å². The smallest absolute Gasteiger partial charge is 0.407 e. The topological polar surface area (TPSA) is 75.6 Å². The number of carbonyl (C=O) groups is 2. The van der Waals surface area contributed by atoms with Crippen molar-refractivity contribution in [2.24, 2.45) is 5.41 Å². The molecule has 5 nitrogen and oxygen atoms in total. The van der Waals surface area contributed by atoms with Gasteiger partial charge in [-0.2, -0.15) is 0 Å². The number of benzene rings is 1. The summed E-state index contributed by atoms with van der Waals surface area (Å²) in [5, 5.41) is 12.4. The van der Waals surface area contributed by atoms with Crippen molar-refractivity contribution in [2.45, 2.75) is 63.5 Å². The van der Waals surface area contributed by atoms with Crippen molar-refractivity contribution in [3.8, 4) is 0 Å². The summed E-state index contributed by atoms with van der Waals surface area (Å²) in [6, 6.07) is 9.50. The fourth-order valence-corrected chi connectivity index (χ4v) is 4.74. The van der Waals surface area contributed by atoms with E-state index >= 15 is 0 Å². The zero-order chi connectivity index (χ0) is 17.0. The standard InChI is InChI=1S/C19H25NO4/c21-16(22)13-19(12-6-11-18(19)9-4-5-10-18)20-17(23)24-14-15-7-2-1-3-8-15/h1-3,7-8H,4-6,9-14H2,(H,20,23)(H,21,22). The van der Waals surface area contributed by atoms with Crippen LogP contribution >= 0.6 is 0 Å². The van der Waals surface area contributed by atoms with E-state index in [2.05, 4.69) is 5.32 Å². The van der Waals surface area contributed by atoms with Gasteiger partial charge in [-0.05, 0) is 36.7 Å². The van der Waals surface area contributed by atoms with Crippen LogP contribution in [0.1, 0.15) is 56.9 Å². The van der Waals surface area contributed by atoms with Gasteiger partial charge in [-0.15, -0.1) is 0 Å². The predicted molar refractivity (Wildman–Crippen MR) is 89.5 cm³/mol. The number of aliphatic carboxylic acids is 1. The summed E-state index contributed by atoms with van der Waals surface area (Å²) in [5.41, 5.74) is 0.183. The molecule has 1 atom stereocenters. The third-order valence-electron chi connectivity index (χ3n) is 5.84. The number of ether oxygens (including phenoxy) is 1. The Balaban J connectivity index is 1.70. The minimum absolute atomic E-state index is 0.0204. The first-order chi connectivity index (χ1) is 11.6. The fourth-order valence-electron chi connectivity index (χ4n) is 4.74. The van der Waals surface area contributed by atoms with Gasteiger partial charge in [-0.25, -0.2) is 4.79 Å². The summed E-state index contributed by atoms with van der Waals surface area (Å²) in [7, 11) is 0. The molecule has 1 spiro atoms. The minimum Gasteiger partial charge on any atom is -0.481 e. The van der Waals surface area contributed by atoms with Gasteiger partial charge in [-0.3, -0.25) is 4.79 Å². The second kappa shape index (κ2) is 6.83. The highest BCUT2D eigenvalue weighted by atomic mass is 16.5. The molecule has 0 aliphatic heterocycles. The molecule has 2 N–H and O–H groups in total. The maximum Gasteiger partial charge on any atom is 0.407 e. The highest BCUT2D eigenvalue weighted by molar-refractivity contribution is 5.73. The fraction of sp³-hybridized carbons (Fsp3) is 0.579. The van der Waals surface area contributed by atoms with E-state index in [1.165, 1.54) is 0 Å². The van der Waals surface area contributed by atoms with Crippen LogP contribution in [0.3, 0.4) is 0 Å². The van der Waals surface area contributed by atoms with E-state index in [9.17, 15) is 14.7 Å². The molecular weight excluding hydrogens is 306 g/mol. The summed E-state index contributed by atoms with van der Waals surface area (Å²) in [6.07, 6.45) is 6.38. The molecule has 2 fully saturated rings. The summed E-state index contributed by atoms with van der Waals surface area (Å²) in [4.78, 5) is 23.8. The molecule has 0 heterocycles. The zero-order valence-electron chi connectivity index (χ0n) is 13.9. The molecule has 0 aromatic heterocycles. The second-order valence-electron chi connectivity index (χ2n) is 7.18. The quantitative estimate of drug-likeness (QED) is 0.859.